The zero-order chi connectivity index (χ0) is 10.2. The maximum atomic E-state index is 12.1. The Morgan fingerprint density at radius 3 is 2.50 bits per heavy atom. The summed E-state index contributed by atoms with van der Waals surface area (Å²) in [5.41, 5.74) is -0.640. The maximum Gasteiger partial charge on any atom is 0.243 e. The van der Waals surface area contributed by atoms with Crippen molar-refractivity contribution in [2.75, 3.05) is 6.54 Å². The number of rotatable bonds is 3. The van der Waals surface area contributed by atoms with E-state index in [9.17, 15) is 4.79 Å². The number of nitriles is 1. The highest BCUT2D eigenvalue weighted by Gasteiger charge is 2.49. The van der Waals surface area contributed by atoms with Crippen LogP contribution in [0.4, 0.5) is 0 Å². The van der Waals surface area contributed by atoms with Gasteiger partial charge in [-0.2, -0.15) is 5.26 Å². The minimum Gasteiger partial charge on any atom is -0.339 e. The van der Waals surface area contributed by atoms with E-state index in [1.54, 1.807) is 0 Å². The Morgan fingerprint density at radius 2 is 2.21 bits per heavy atom. The van der Waals surface area contributed by atoms with Gasteiger partial charge < -0.3 is 4.90 Å². The molecule has 0 aromatic carbocycles. The maximum absolute atomic E-state index is 12.1. The summed E-state index contributed by atoms with van der Waals surface area (Å²) in [4.78, 5) is 14.0. The molecule has 2 rings (SSSR count). The lowest BCUT2D eigenvalue weighted by Crippen LogP contribution is -2.47. The molecule has 0 spiro atoms. The number of nitrogens with zero attached hydrogens (tertiary/aromatic N) is 2. The first-order valence-corrected chi connectivity index (χ1v) is 5.46. The number of carbonyl (C=O) groups is 1. The van der Waals surface area contributed by atoms with Gasteiger partial charge in [-0.3, -0.25) is 4.79 Å². The molecule has 0 saturated heterocycles. The summed E-state index contributed by atoms with van der Waals surface area (Å²) in [6.07, 6.45) is 4.82. The van der Waals surface area contributed by atoms with Crippen LogP contribution in [-0.4, -0.2) is 23.4 Å². The van der Waals surface area contributed by atoms with Gasteiger partial charge in [0.25, 0.3) is 0 Å². The summed E-state index contributed by atoms with van der Waals surface area (Å²) in [5.74, 6) is 0.0938. The molecular weight excluding hydrogens is 176 g/mol. The normalized spacial score (nSPS) is 23.4. The molecule has 76 valence electrons. The highest BCUT2D eigenvalue weighted by molar-refractivity contribution is 5.86. The van der Waals surface area contributed by atoms with E-state index in [4.69, 9.17) is 5.26 Å². The summed E-state index contributed by atoms with van der Waals surface area (Å²) >= 11 is 0. The van der Waals surface area contributed by atoms with Crippen LogP contribution < -0.4 is 0 Å². The molecule has 0 aromatic heterocycles. The molecule has 3 heteroatoms. The predicted octanol–water partition coefficient (Wildman–Crippen LogP) is 1.69. The van der Waals surface area contributed by atoms with Gasteiger partial charge in [0.1, 0.15) is 5.41 Å². The third kappa shape index (κ3) is 1.30. The van der Waals surface area contributed by atoms with Gasteiger partial charge in [-0.25, -0.2) is 0 Å². The molecule has 0 bridgehead atoms. The van der Waals surface area contributed by atoms with Crippen molar-refractivity contribution < 1.29 is 4.79 Å². The fourth-order valence-corrected chi connectivity index (χ4v) is 2.13. The second-order valence-electron chi connectivity index (χ2n) is 4.37. The quantitative estimate of drug-likeness (QED) is 0.683. The zero-order valence-electron chi connectivity index (χ0n) is 8.62. The first-order chi connectivity index (χ1) is 6.73. The van der Waals surface area contributed by atoms with E-state index >= 15 is 0 Å². The van der Waals surface area contributed by atoms with Crippen LogP contribution in [0.1, 0.15) is 39.0 Å². The topological polar surface area (TPSA) is 44.1 Å². The molecule has 14 heavy (non-hydrogen) atoms. The van der Waals surface area contributed by atoms with Crippen LogP contribution in [0.3, 0.4) is 0 Å². The van der Waals surface area contributed by atoms with Crippen molar-refractivity contribution in [1.82, 2.24) is 4.90 Å². The molecule has 2 fully saturated rings. The van der Waals surface area contributed by atoms with Crippen LogP contribution >= 0.6 is 0 Å². The van der Waals surface area contributed by atoms with E-state index in [-0.39, 0.29) is 5.91 Å². The molecule has 0 atom stereocenters. The SMILES string of the molecule is CCN(C(=O)C1(C#N)CCC1)C1CC1. The molecule has 2 saturated carbocycles. The van der Waals surface area contributed by atoms with Crippen molar-refractivity contribution in [3.05, 3.63) is 0 Å². The highest BCUT2D eigenvalue weighted by atomic mass is 16.2. The van der Waals surface area contributed by atoms with Crippen LogP contribution in [0.2, 0.25) is 0 Å². The molecule has 1 amide bonds. The molecule has 3 nitrogen and oxygen atoms in total. The first kappa shape index (κ1) is 9.51. The minimum absolute atomic E-state index is 0.0938. The van der Waals surface area contributed by atoms with Crippen LogP contribution in [0.15, 0.2) is 0 Å². The van der Waals surface area contributed by atoms with Crippen molar-refractivity contribution in [2.45, 2.75) is 45.1 Å². The lowest BCUT2D eigenvalue weighted by molar-refractivity contribution is -0.143. The molecular formula is C11H16N2O. The van der Waals surface area contributed by atoms with Crippen molar-refractivity contribution >= 4 is 5.91 Å². The van der Waals surface area contributed by atoms with E-state index in [2.05, 4.69) is 6.07 Å². The van der Waals surface area contributed by atoms with Crippen LogP contribution in [0.5, 0.6) is 0 Å². The molecule has 0 unspecified atom stereocenters. The Labute approximate surface area is 84.7 Å². The molecule has 0 aromatic rings. The lowest BCUT2D eigenvalue weighted by atomic mass is 9.69. The van der Waals surface area contributed by atoms with E-state index in [0.29, 0.717) is 6.04 Å². The Morgan fingerprint density at radius 1 is 1.57 bits per heavy atom. The summed E-state index contributed by atoms with van der Waals surface area (Å²) in [6, 6.07) is 2.66. The second-order valence-corrected chi connectivity index (χ2v) is 4.37. The van der Waals surface area contributed by atoms with Gasteiger partial charge >= 0.3 is 0 Å². The Balaban J connectivity index is 2.09. The number of carbonyl (C=O) groups excluding carboxylic acids is 1. The van der Waals surface area contributed by atoms with Crippen LogP contribution in [-0.2, 0) is 4.79 Å². The van der Waals surface area contributed by atoms with Crippen molar-refractivity contribution in [3.63, 3.8) is 0 Å². The fourth-order valence-electron chi connectivity index (χ4n) is 2.13. The second kappa shape index (κ2) is 3.27. The Kier molecular flexibility index (Phi) is 2.22. The third-order valence-electron chi connectivity index (χ3n) is 3.42. The number of hydrogen-bond donors (Lipinski definition) is 0. The van der Waals surface area contributed by atoms with Crippen molar-refractivity contribution in [3.8, 4) is 6.07 Å². The van der Waals surface area contributed by atoms with E-state index in [1.807, 2.05) is 11.8 Å². The first-order valence-electron chi connectivity index (χ1n) is 5.46. The van der Waals surface area contributed by atoms with Gasteiger partial charge in [0.2, 0.25) is 5.91 Å². The summed E-state index contributed by atoms with van der Waals surface area (Å²) in [6.45, 7) is 2.76. The smallest absolute Gasteiger partial charge is 0.243 e. The Hall–Kier alpha value is -1.04. The van der Waals surface area contributed by atoms with E-state index < -0.39 is 5.41 Å². The van der Waals surface area contributed by atoms with Gasteiger partial charge in [0.05, 0.1) is 6.07 Å². The van der Waals surface area contributed by atoms with Crippen molar-refractivity contribution in [2.24, 2.45) is 5.41 Å². The van der Waals surface area contributed by atoms with Gasteiger partial charge in [0, 0.05) is 12.6 Å². The van der Waals surface area contributed by atoms with Gasteiger partial charge in [0.15, 0.2) is 0 Å². The molecule has 0 N–H and O–H groups in total. The molecule has 0 aliphatic heterocycles. The van der Waals surface area contributed by atoms with Gasteiger partial charge in [-0.1, -0.05) is 0 Å². The number of hydrogen-bond acceptors (Lipinski definition) is 2. The standard InChI is InChI=1S/C11H16N2O/c1-2-13(9-4-5-9)10(14)11(8-12)6-3-7-11/h9H,2-7H2,1H3. The summed E-state index contributed by atoms with van der Waals surface area (Å²) < 4.78 is 0. The van der Waals surface area contributed by atoms with Gasteiger partial charge in [-0.05, 0) is 39.0 Å². The van der Waals surface area contributed by atoms with Crippen LogP contribution in [0.25, 0.3) is 0 Å². The van der Waals surface area contributed by atoms with Crippen molar-refractivity contribution in [1.29, 1.82) is 5.26 Å². The molecule has 0 heterocycles. The summed E-state index contributed by atoms with van der Waals surface area (Å²) in [7, 11) is 0. The van der Waals surface area contributed by atoms with Gasteiger partial charge in [-0.15, -0.1) is 0 Å². The average molecular weight is 192 g/mol. The molecule has 2 aliphatic carbocycles. The Bertz CT molecular complexity index is 284. The monoisotopic (exact) mass is 192 g/mol. The molecule has 2 aliphatic rings. The largest absolute Gasteiger partial charge is 0.339 e. The molecule has 0 radical (unpaired) electrons. The lowest BCUT2D eigenvalue weighted by Gasteiger charge is -2.37. The fraction of sp³-hybridized carbons (Fsp3) is 0.818. The number of amides is 1. The van der Waals surface area contributed by atoms with E-state index in [1.165, 1.54) is 0 Å². The van der Waals surface area contributed by atoms with Crippen LogP contribution in [0, 0.1) is 16.7 Å². The summed E-state index contributed by atoms with van der Waals surface area (Å²) in [5, 5.41) is 9.06. The third-order valence-corrected chi connectivity index (χ3v) is 3.42. The predicted molar refractivity (Wildman–Crippen MR) is 52.3 cm³/mol. The average Bonchev–Trinajstić information content (AvgIpc) is 2.89. The highest BCUT2D eigenvalue weighted by Crippen LogP contribution is 2.43. The van der Waals surface area contributed by atoms with E-state index in [0.717, 1.165) is 38.6 Å². The minimum atomic E-state index is -0.640. The zero-order valence-corrected chi connectivity index (χ0v) is 8.62.